The predicted molar refractivity (Wildman–Crippen MR) is 44.6 cm³/mol. The van der Waals surface area contributed by atoms with Gasteiger partial charge in [0.1, 0.15) is 0 Å². The van der Waals surface area contributed by atoms with Crippen LogP contribution < -0.4 is 0 Å². The molecule has 0 aliphatic carbocycles. The van der Waals surface area contributed by atoms with Gasteiger partial charge in [-0.2, -0.15) is 0 Å². The van der Waals surface area contributed by atoms with Gasteiger partial charge in [-0.05, 0) is 26.0 Å². The first-order chi connectivity index (χ1) is 4.81. The largest absolute Gasteiger partial charge is 0.396 e. The Bertz CT molecular complexity index is 91.3. The van der Waals surface area contributed by atoms with Crippen LogP contribution in [-0.2, 0) is 0 Å². The smallest absolute Gasteiger partial charge is 0.0489 e. The lowest BCUT2D eigenvalue weighted by molar-refractivity contribution is 0.279. The Morgan fingerprint density at radius 3 is 2.80 bits per heavy atom. The molecule has 0 amide bonds. The lowest BCUT2D eigenvalue weighted by Gasteiger charge is -2.00. The van der Waals surface area contributed by atoms with Crippen LogP contribution in [0.3, 0.4) is 0 Å². The molecule has 0 saturated carbocycles. The number of rotatable bonds is 5. The molecule has 0 saturated heterocycles. The minimum absolute atomic E-state index is 0.241. The predicted octanol–water partition coefficient (Wildman–Crippen LogP) is 1.63. The summed E-state index contributed by atoms with van der Waals surface area (Å²) in [5.41, 5.74) is 0. The van der Waals surface area contributed by atoms with E-state index >= 15 is 0 Å². The van der Waals surface area contributed by atoms with Crippen molar-refractivity contribution < 1.29 is 5.11 Å². The van der Waals surface area contributed by atoms with Crippen molar-refractivity contribution in [3.8, 4) is 0 Å². The van der Waals surface area contributed by atoms with E-state index in [1.165, 1.54) is 0 Å². The summed E-state index contributed by atoms with van der Waals surface area (Å²) in [5.74, 6) is 0. The average molecular weight is 143 g/mol. The zero-order valence-corrected chi connectivity index (χ0v) is 6.88. The maximum Gasteiger partial charge on any atom is 0.0489 e. The van der Waals surface area contributed by atoms with Crippen LogP contribution in [-0.4, -0.2) is 24.0 Å². The van der Waals surface area contributed by atoms with Gasteiger partial charge < -0.3 is 5.11 Å². The van der Waals surface area contributed by atoms with Gasteiger partial charge in [-0.3, -0.25) is 4.99 Å². The number of nitrogens with zero attached hydrogens (tertiary/aromatic N) is 1. The second kappa shape index (κ2) is 6.75. The highest BCUT2D eigenvalue weighted by Gasteiger charge is 1.93. The number of unbranched alkanes of at least 4 members (excludes halogenated alkanes) is 1. The molecule has 0 rings (SSSR count). The zero-order valence-electron chi connectivity index (χ0n) is 6.88. The molecule has 2 heteroatoms. The van der Waals surface area contributed by atoms with Crippen LogP contribution in [0.2, 0.25) is 0 Å². The third-order valence-corrected chi connectivity index (χ3v) is 1.32. The quantitative estimate of drug-likeness (QED) is 0.583. The molecule has 0 fully saturated rings. The molecule has 60 valence electrons. The molecule has 0 aliphatic rings. The fourth-order valence-corrected chi connectivity index (χ4v) is 0.645. The zero-order chi connectivity index (χ0) is 7.82. The van der Waals surface area contributed by atoms with E-state index in [2.05, 4.69) is 11.9 Å². The van der Waals surface area contributed by atoms with Crippen molar-refractivity contribution >= 4 is 6.21 Å². The summed E-state index contributed by atoms with van der Waals surface area (Å²) in [6.07, 6.45) is 4.92. The van der Waals surface area contributed by atoms with Crippen molar-refractivity contribution in [3.63, 3.8) is 0 Å². The first-order valence-electron chi connectivity index (χ1n) is 3.93. The van der Waals surface area contributed by atoms with Gasteiger partial charge in [-0.1, -0.05) is 13.3 Å². The van der Waals surface area contributed by atoms with Crippen LogP contribution in [0.25, 0.3) is 0 Å². The van der Waals surface area contributed by atoms with E-state index in [1.807, 2.05) is 13.1 Å². The van der Waals surface area contributed by atoms with Crippen molar-refractivity contribution in [2.24, 2.45) is 4.99 Å². The van der Waals surface area contributed by atoms with Crippen molar-refractivity contribution in [2.45, 2.75) is 39.2 Å². The Morgan fingerprint density at radius 1 is 1.60 bits per heavy atom. The normalized spacial score (nSPS) is 14.3. The van der Waals surface area contributed by atoms with E-state index in [4.69, 9.17) is 5.11 Å². The Labute approximate surface area is 63.0 Å². The van der Waals surface area contributed by atoms with Crippen LogP contribution in [0, 0.1) is 0 Å². The van der Waals surface area contributed by atoms with Gasteiger partial charge in [0.25, 0.3) is 0 Å². The number of aliphatic imine (C=N–C) groups is 1. The second-order valence-electron chi connectivity index (χ2n) is 2.48. The fourth-order valence-electron chi connectivity index (χ4n) is 0.645. The summed E-state index contributed by atoms with van der Waals surface area (Å²) in [5, 5.41) is 8.52. The van der Waals surface area contributed by atoms with Gasteiger partial charge in [-0.25, -0.2) is 0 Å². The van der Waals surface area contributed by atoms with E-state index in [9.17, 15) is 0 Å². The summed E-state index contributed by atoms with van der Waals surface area (Å²) >= 11 is 0. The van der Waals surface area contributed by atoms with E-state index in [0.29, 0.717) is 0 Å². The van der Waals surface area contributed by atoms with Gasteiger partial charge in [0, 0.05) is 12.6 Å². The molecule has 0 aromatic carbocycles. The second-order valence-corrected chi connectivity index (χ2v) is 2.48. The maximum atomic E-state index is 8.52. The molecular weight excluding hydrogens is 126 g/mol. The Hall–Kier alpha value is -0.370. The average Bonchev–Trinajstić information content (AvgIpc) is 1.89. The van der Waals surface area contributed by atoms with Gasteiger partial charge in [0.05, 0.1) is 0 Å². The summed E-state index contributed by atoms with van der Waals surface area (Å²) in [7, 11) is 0. The molecule has 1 atom stereocenters. The molecule has 0 radical (unpaired) electrons. The van der Waals surface area contributed by atoms with Gasteiger partial charge in [0.15, 0.2) is 0 Å². The van der Waals surface area contributed by atoms with Crippen LogP contribution in [0.1, 0.15) is 33.1 Å². The molecule has 1 N–H and O–H groups in total. The highest BCUT2D eigenvalue weighted by atomic mass is 16.3. The maximum absolute atomic E-state index is 8.52. The van der Waals surface area contributed by atoms with Crippen molar-refractivity contribution in [1.29, 1.82) is 0 Å². The van der Waals surface area contributed by atoms with Crippen LogP contribution in [0.5, 0.6) is 0 Å². The van der Waals surface area contributed by atoms with E-state index in [1.54, 1.807) is 0 Å². The van der Waals surface area contributed by atoms with Crippen molar-refractivity contribution in [2.75, 3.05) is 6.61 Å². The molecular formula is C8H17NO. The molecule has 0 aromatic heterocycles. The van der Waals surface area contributed by atoms with Crippen molar-refractivity contribution in [3.05, 3.63) is 0 Å². The molecule has 0 aromatic rings. The molecule has 0 bridgehead atoms. The Morgan fingerprint density at radius 2 is 2.30 bits per heavy atom. The number of hydrogen-bond donors (Lipinski definition) is 1. The summed E-state index contributed by atoms with van der Waals surface area (Å²) in [6, 6.07) is 0.288. The van der Waals surface area contributed by atoms with Crippen LogP contribution >= 0.6 is 0 Å². The van der Waals surface area contributed by atoms with E-state index in [-0.39, 0.29) is 12.6 Å². The minimum Gasteiger partial charge on any atom is -0.396 e. The number of aliphatic hydroxyl groups is 1. The van der Waals surface area contributed by atoms with Crippen molar-refractivity contribution in [1.82, 2.24) is 0 Å². The van der Waals surface area contributed by atoms with Gasteiger partial charge >= 0.3 is 0 Å². The molecule has 0 aliphatic heterocycles. The minimum atomic E-state index is 0.241. The molecule has 2 nitrogen and oxygen atoms in total. The summed E-state index contributed by atoms with van der Waals surface area (Å²) in [6.45, 7) is 4.38. The van der Waals surface area contributed by atoms with Gasteiger partial charge in [0.2, 0.25) is 0 Å². The van der Waals surface area contributed by atoms with E-state index in [0.717, 1.165) is 19.3 Å². The molecule has 0 heterocycles. The first-order valence-corrected chi connectivity index (χ1v) is 3.93. The third kappa shape index (κ3) is 5.76. The summed E-state index contributed by atoms with van der Waals surface area (Å²) < 4.78 is 0. The fraction of sp³-hybridized carbons (Fsp3) is 0.875. The van der Waals surface area contributed by atoms with E-state index < -0.39 is 0 Å². The van der Waals surface area contributed by atoms with Crippen LogP contribution in [0.4, 0.5) is 0 Å². The highest BCUT2D eigenvalue weighted by Crippen LogP contribution is 1.94. The lowest BCUT2D eigenvalue weighted by atomic mass is 10.2. The molecule has 0 unspecified atom stereocenters. The molecule has 0 spiro atoms. The summed E-state index contributed by atoms with van der Waals surface area (Å²) in [4.78, 5) is 4.22. The van der Waals surface area contributed by atoms with Crippen LogP contribution in [0.15, 0.2) is 4.99 Å². The SMILES string of the molecule is CCCC=N[C@@H](C)CCO. The standard InChI is InChI=1S/C8H17NO/c1-3-4-6-9-8(2)5-7-10/h6,8,10H,3-5,7H2,1-2H3/t8-/m0/s1. The molecule has 10 heavy (non-hydrogen) atoms. The first kappa shape index (κ1) is 9.63. The monoisotopic (exact) mass is 143 g/mol. The highest BCUT2D eigenvalue weighted by molar-refractivity contribution is 5.57. The third-order valence-electron chi connectivity index (χ3n) is 1.32. The Kier molecular flexibility index (Phi) is 6.50. The topological polar surface area (TPSA) is 32.6 Å². The number of aliphatic hydroxyl groups excluding tert-OH is 1. The lowest BCUT2D eigenvalue weighted by Crippen LogP contribution is -2.00. The van der Waals surface area contributed by atoms with Gasteiger partial charge in [-0.15, -0.1) is 0 Å². The Balaban J connectivity index is 3.26. The number of hydrogen-bond acceptors (Lipinski definition) is 2.